The predicted molar refractivity (Wildman–Crippen MR) is 112 cm³/mol. The van der Waals surface area contributed by atoms with Gasteiger partial charge in [0.25, 0.3) is 0 Å². The van der Waals surface area contributed by atoms with Crippen LogP contribution in [0.15, 0.2) is 29.3 Å². The Labute approximate surface area is 159 Å². The maximum absolute atomic E-state index is 4.26. The van der Waals surface area contributed by atoms with E-state index in [0.717, 1.165) is 38.7 Å². The van der Waals surface area contributed by atoms with E-state index in [1.807, 2.05) is 7.05 Å². The molecule has 1 rings (SSSR count). The highest BCUT2D eigenvalue weighted by atomic mass is 127. The largest absolute Gasteiger partial charge is 0.356 e. The third-order valence-corrected chi connectivity index (χ3v) is 3.65. The molecule has 5 heteroatoms. The van der Waals surface area contributed by atoms with E-state index < -0.39 is 0 Å². The van der Waals surface area contributed by atoms with E-state index in [-0.39, 0.29) is 24.0 Å². The second-order valence-corrected chi connectivity index (χ2v) is 5.98. The van der Waals surface area contributed by atoms with E-state index in [2.05, 4.69) is 72.5 Å². The van der Waals surface area contributed by atoms with Crippen molar-refractivity contribution in [3.63, 3.8) is 0 Å². The number of rotatable bonds is 8. The minimum atomic E-state index is 0. The summed E-state index contributed by atoms with van der Waals surface area (Å²) in [7, 11) is 1.81. The molecule has 2 N–H and O–H groups in total. The van der Waals surface area contributed by atoms with Crippen LogP contribution in [-0.4, -0.2) is 37.5 Å². The molecule has 0 aliphatic carbocycles. The van der Waals surface area contributed by atoms with Gasteiger partial charge in [-0.1, -0.05) is 52.0 Å². The fourth-order valence-corrected chi connectivity index (χ4v) is 2.25. The lowest BCUT2D eigenvalue weighted by atomic mass is 10.1. The van der Waals surface area contributed by atoms with Crippen LogP contribution in [0.4, 0.5) is 0 Å². The average molecular weight is 432 g/mol. The van der Waals surface area contributed by atoms with Crippen LogP contribution in [0.2, 0.25) is 0 Å². The maximum atomic E-state index is 4.26. The standard InChI is InChI=1S/C18H32N4.HI/c1-6-22(7-2)14-17-10-8-9-16(11-17)13-21-18(19-5)20-12-15(3)4;/h8-11,15H,6-7,12-14H2,1-5H3,(H2,19,20,21);1H. The topological polar surface area (TPSA) is 39.7 Å². The minimum absolute atomic E-state index is 0. The van der Waals surface area contributed by atoms with Crippen LogP contribution in [0.25, 0.3) is 0 Å². The zero-order valence-corrected chi connectivity index (χ0v) is 17.6. The zero-order valence-electron chi connectivity index (χ0n) is 15.2. The highest BCUT2D eigenvalue weighted by molar-refractivity contribution is 14.0. The van der Waals surface area contributed by atoms with Crippen LogP contribution in [0.1, 0.15) is 38.8 Å². The summed E-state index contributed by atoms with van der Waals surface area (Å²) in [6.07, 6.45) is 0. The fraction of sp³-hybridized carbons (Fsp3) is 0.611. The smallest absolute Gasteiger partial charge is 0.191 e. The quantitative estimate of drug-likeness (QED) is 0.376. The molecule has 0 heterocycles. The third-order valence-electron chi connectivity index (χ3n) is 3.65. The van der Waals surface area contributed by atoms with Crippen molar-refractivity contribution < 1.29 is 0 Å². The average Bonchev–Trinajstić information content (AvgIpc) is 2.53. The number of benzene rings is 1. The van der Waals surface area contributed by atoms with Gasteiger partial charge in [0.1, 0.15) is 0 Å². The summed E-state index contributed by atoms with van der Waals surface area (Å²) in [5, 5.41) is 6.71. The molecule has 132 valence electrons. The van der Waals surface area contributed by atoms with E-state index >= 15 is 0 Å². The van der Waals surface area contributed by atoms with Gasteiger partial charge in [-0.2, -0.15) is 0 Å². The van der Waals surface area contributed by atoms with Gasteiger partial charge in [0.2, 0.25) is 0 Å². The number of halogens is 1. The summed E-state index contributed by atoms with van der Waals surface area (Å²) in [5.41, 5.74) is 2.66. The molecule has 4 nitrogen and oxygen atoms in total. The Morgan fingerprint density at radius 2 is 1.78 bits per heavy atom. The van der Waals surface area contributed by atoms with Gasteiger partial charge in [-0.25, -0.2) is 0 Å². The molecular formula is C18H33IN4. The second kappa shape index (κ2) is 12.6. The molecule has 0 spiro atoms. The molecule has 0 aliphatic heterocycles. The molecule has 0 saturated carbocycles. The van der Waals surface area contributed by atoms with Crippen molar-refractivity contribution in [1.29, 1.82) is 0 Å². The second-order valence-electron chi connectivity index (χ2n) is 5.98. The van der Waals surface area contributed by atoms with Crippen molar-refractivity contribution >= 4 is 29.9 Å². The Balaban J connectivity index is 0.00000484. The normalized spacial score (nSPS) is 11.5. The first-order chi connectivity index (χ1) is 10.6. The van der Waals surface area contributed by atoms with Crippen LogP contribution >= 0.6 is 24.0 Å². The number of guanidine groups is 1. The monoisotopic (exact) mass is 432 g/mol. The van der Waals surface area contributed by atoms with Crippen molar-refractivity contribution in [2.24, 2.45) is 10.9 Å². The molecule has 0 aliphatic rings. The van der Waals surface area contributed by atoms with Crippen molar-refractivity contribution in [3.8, 4) is 0 Å². The lowest BCUT2D eigenvalue weighted by Gasteiger charge is -2.18. The molecule has 0 aromatic heterocycles. The van der Waals surface area contributed by atoms with Crippen LogP contribution < -0.4 is 10.6 Å². The SMILES string of the molecule is CCN(CC)Cc1cccc(CNC(=NC)NCC(C)C)c1.I. The molecule has 0 amide bonds. The third kappa shape index (κ3) is 9.15. The number of hydrogen-bond acceptors (Lipinski definition) is 2. The van der Waals surface area contributed by atoms with Gasteiger partial charge >= 0.3 is 0 Å². The van der Waals surface area contributed by atoms with E-state index in [1.54, 1.807) is 0 Å². The molecule has 1 aromatic rings. The van der Waals surface area contributed by atoms with Gasteiger partial charge in [-0.05, 0) is 30.1 Å². The van der Waals surface area contributed by atoms with E-state index in [9.17, 15) is 0 Å². The van der Waals surface area contributed by atoms with Gasteiger partial charge in [-0.15, -0.1) is 24.0 Å². The Bertz CT molecular complexity index is 456. The van der Waals surface area contributed by atoms with Crippen LogP contribution in [0.3, 0.4) is 0 Å². The van der Waals surface area contributed by atoms with Crippen molar-refractivity contribution in [2.45, 2.75) is 40.8 Å². The molecule has 23 heavy (non-hydrogen) atoms. The Kier molecular flexibility index (Phi) is 12.1. The Morgan fingerprint density at radius 3 is 2.35 bits per heavy atom. The summed E-state index contributed by atoms with van der Waals surface area (Å²) in [6.45, 7) is 13.7. The van der Waals surface area contributed by atoms with Crippen LogP contribution in [0.5, 0.6) is 0 Å². The fourth-order valence-electron chi connectivity index (χ4n) is 2.25. The molecule has 0 unspecified atom stereocenters. The minimum Gasteiger partial charge on any atom is -0.356 e. The molecule has 0 atom stereocenters. The predicted octanol–water partition coefficient (Wildman–Crippen LogP) is 3.47. The lowest BCUT2D eigenvalue weighted by Crippen LogP contribution is -2.38. The van der Waals surface area contributed by atoms with Gasteiger partial charge < -0.3 is 10.6 Å². The summed E-state index contributed by atoms with van der Waals surface area (Å²) in [6, 6.07) is 8.78. The molecule has 0 fully saturated rings. The molecule has 0 bridgehead atoms. The highest BCUT2D eigenvalue weighted by Crippen LogP contribution is 2.08. The van der Waals surface area contributed by atoms with Crippen molar-refractivity contribution in [1.82, 2.24) is 15.5 Å². The molecule has 0 saturated heterocycles. The van der Waals surface area contributed by atoms with Gasteiger partial charge in [0, 0.05) is 26.7 Å². The maximum Gasteiger partial charge on any atom is 0.191 e. The Morgan fingerprint density at radius 1 is 1.13 bits per heavy atom. The zero-order chi connectivity index (χ0) is 16.4. The first kappa shape index (κ1) is 22.2. The molecular weight excluding hydrogens is 399 g/mol. The first-order valence-corrected chi connectivity index (χ1v) is 8.33. The molecule has 0 radical (unpaired) electrons. The molecule has 1 aromatic carbocycles. The van der Waals surface area contributed by atoms with E-state index in [0.29, 0.717) is 5.92 Å². The number of aliphatic imine (C=N–C) groups is 1. The number of nitrogens with one attached hydrogen (secondary N) is 2. The highest BCUT2D eigenvalue weighted by Gasteiger charge is 2.03. The van der Waals surface area contributed by atoms with E-state index in [4.69, 9.17) is 0 Å². The first-order valence-electron chi connectivity index (χ1n) is 8.33. The van der Waals surface area contributed by atoms with Gasteiger partial charge in [0.05, 0.1) is 0 Å². The number of nitrogens with zero attached hydrogens (tertiary/aromatic N) is 2. The van der Waals surface area contributed by atoms with E-state index in [1.165, 1.54) is 11.1 Å². The van der Waals surface area contributed by atoms with Gasteiger partial charge in [0.15, 0.2) is 5.96 Å². The lowest BCUT2D eigenvalue weighted by molar-refractivity contribution is 0.296. The van der Waals surface area contributed by atoms with Crippen LogP contribution in [0, 0.1) is 5.92 Å². The van der Waals surface area contributed by atoms with Crippen molar-refractivity contribution in [2.75, 3.05) is 26.7 Å². The summed E-state index contributed by atoms with van der Waals surface area (Å²) < 4.78 is 0. The number of hydrogen-bond donors (Lipinski definition) is 2. The Hall–Kier alpha value is -0.820. The van der Waals surface area contributed by atoms with Crippen molar-refractivity contribution in [3.05, 3.63) is 35.4 Å². The van der Waals surface area contributed by atoms with Gasteiger partial charge in [-0.3, -0.25) is 9.89 Å². The summed E-state index contributed by atoms with van der Waals surface area (Å²) in [4.78, 5) is 6.68. The summed E-state index contributed by atoms with van der Waals surface area (Å²) >= 11 is 0. The van der Waals surface area contributed by atoms with Crippen LogP contribution in [-0.2, 0) is 13.1 Å². The summed E-state index contributed by atoms with van der Waals surface area (Å²) in [5.74, 6) is 1.47.